The van der Waals surface area contributed by atoms with Crippen LogP contribution in [-0.4, -0.2) is 38.7 Å². The first kappa shape index (κ1) is 16.4. The van der Waals surface area contributed by atoms with Gasteiger partial charge in [0.2, 0.25) is 5.91 Å². The van der Waals surface area contributed by atoms with Gasteiger partial charge in [-0.25, -0.2) is 4.79 Å². The van der Waals surface area contributed by atoms with Gasteiger partial charge < -0.3 is 20.5 Å². The molecule has 0 saturated heterocycles. The zero-order valence-electron chi connectivity index (χ0n) is 11.3. The normalized spacial score (nSPS) is 13.4. The van der Waals surface area contributed by atoms with Crippen molar-refractivity contribution in [2.24, 2.45) is 5.73 Å². The summed E-state index contributed by atoms with van der Waals surface area (Å²) in [5.41, 5.74) is 6.16. The number of nitrogens with one attached hydrogen (secondary N) is 1. The maximum Gasteiger partial charge on any atom is 0.333 e. The molecule has 2 atom stereocenters. The predicted molar refractivity (Wildman–Crippen MR) is 74.2 cm³/mol. The van der Waals surface area contributed by atoms with Crippen LogP contribution in [0.4, 0.5) is 0 Å². The minimum atomic E-state index is -0.937. The first-order valence-corrected chi connectivity index (χ1v) is 6.25. The number of carbonyl (C=O) groups excluding carboxylic acids is 2. The number of hydrogen-bond donors (Lipinski definition) is 2. The fourth-order valence-corrected chi connectivity index (χ4v) is 1.68. The number of nitrogens with two attached hydrogens (primary N) is 1. The molecule has 0 fully saturated rings. The third-order valence-electron chi connectivity index (χ3n) is 2.61. The molecule has 2 unspecified atom stereocenters. The topological polar surface area (TPSA) is 90.6 Å². The highest BCUT2D eigenvalue weighted by atomic mass is 35.5. The van der Waals surface area contributed by atoms with Gasteiger partial charge in [-0.05, 0) is 17.7 Å². The van der Waals surface area contributed by atoms with Gasteiger partial charge >= 0.3 is 5.97 Å². The molecular formula is C13H17ClN2O4. The molecule has 20 heavy (non-hydrogen) atoms. The SMILES string of the molecule is COCC(N)C(=O)NC(C(=O)OC)c1ccc(Cl)cc1. The second kappa shape index (κ2) is 7.84. The first-order valence-electron chi connectivity index (χ1n) is 5.87. The van der Waals surface area contributed by atoms with Crippen molar-refractivity contribution in [3.63, 3.8) is 0 Å². The van der Waals surface area contributed by atoms with E-state index in [0.29, 0.717) is 10.6 Å². The van der Waals surface area contributed by atoms with E-state index in [0.717, 1.165) is 0 Å². The maximum atomic E-state index is 11.9. The van der Waals surface area contributed by atoms with Crippen LogP contribution >= 0.6 is 11.6 Å². The van der Waals surface area contributed by atoms with Crippen LogP contribution in [0.5, 0.6) is 0 Å². The van der Waals surface area contributed by atoms with Crippen molar-refractivity contribution in [3.05, 3.63) is 34.9 Å². The van der Waals surface area contributed by atoms with Crippen molar-refractivity contribution in [2.75, 3.05) is 20.8 Å². The zero-order valence-corrected chi connectivity index (χ0v) is 12.0. The fraction of sp³-hybridized carbons (Fsp3) is 0.385. The van der Waals surface area contributed by atoms with Gasteiger partial charge in [0.05, 0.1) is 13.7 Å². The zero-order chi connectivity index (χ0) is 15.1. The molecular weight excluding hydrogens is 284 g/mol. The molecule has 110 valence electrons. The molecule has 0 spiro atoms. The third kappa shape index (κ3) is 4.48. The Morgan fingerprint density at radius 2 is 1.90 bits per heavy atom. The van der Waals surface area contributed by atoms with E-state index in [1.54, 1.807) is 24.3 Å². The van der Waals surface area contributed by atoms with E-state index in [9.17, 15) is 9.59 Å². The van der Waals surface area contributed by atoms with Crippen LogP contribution in [0.3, 0.4) is 0 Å². The highest BCUT2D eigenvalue weighted by Gasteiger charge is 2.25. The smallest absolute Gasteiger partial charge is 0.333 e. The number of amides is 1. The molecule has 0 bridgehead atoms. The van der Waals surface area contributed by atoms with Crippen molar-refractivity contribution in [3.8, 4) is 0 Å². The van der Waals surface area contributed by atoms with Gasteiger partial charge in [-0.1, -0.05) is 23.7 Å². The second-order valence-electron chi connectivity index (χ2n) is 4.08. The Hall–Kier alpha value is -1.63. The number of methoxy groups -OCH3 is 2. The van der Waals surface area contributed by atoms with Crippen LogP contribution in [0.25, 0.3) is 0 Å². The van der Waals surface area contributed by atoms with Crippen LogP contribution < -0.4 is 11.1 Å². The van der Waals surface area contributed by atoms with Gasteiger partial charge in [0.25, 0.3) is 0 Å². The summed E-state index contributed by atoms with van der Waals surface area (Å²) in [5.74, 6) is -1.09. The molecule has 1 rings (SSSR count). The number of hydrogen-bond acceptors (Lipinski definition) is 5. The first-order chi connectivity index (χ1) is 9.49. The summed E-state index contributed by atoms with van der Waals surface area (Å²) in [4.78, 5) is 23.6. The van der Waals surface area contributed by atoms with E-state index in [4.69, 9.17) is 22.1 Å². The van der Waals surface area contributed by atoms with Crippen molar-refractivity contribution >= 4 is 23.5 Å². The molecule has 6 nitrogen and oxygen atoms in total. The third-order valence-corrected chi connectivity index (χ3v) is 2.86. The number of esters is 1. The Balaban J connectivity index is 2.88. The lowest BCUT2D eigenvalue weighted by Crippen LogP contribution is -2.46. The van der Waals surface area contributed by atoms with Gasteiger partial charge in [-0.15, -0.1) is 0 Å². The van der Waals surface area contributed by atoms with Crippen LogP contribution in [-0.2, 0) is 19.1 Å². The number of ether oxygens (including phenoxy) is 2. The van der Waals surface area contributed by atoms with Crippen LogP contribution in [0.2, 0.25) is 5.02 Å². The molecule has 3 N–H and O–H groups in total. The Labute approximate surface area is 122 Å². The Kier molecular flexibility index (Phi) is 6.44. The van der Waals surface area contributed by atoms with E-state index >= 15 is 0 Å². The monoisotopic (exact) mass is 300 g/mol. The largest absolute Gasteiger partial charge is 0.467 e. The molecule has 1 aromatic carbocycles. The highest BCUT2D eigenvalue weighted by Crippen LogP contribution is 2.18. The standard InChI is InChI=1S/C13H17ClN2O4/c1-19-7-10(15)12(17)16-11(13(18)20-2)8-3-5-9(14)6-4-8/h3-6,10-11H,7,15H2,1-2H3,(H,16,17). The highest BCUT2D eigenvalue weighted by molar-refractivity contribution is 6.30. The van der Waals surface area contributed by atoms with Gasteiger partial charge in [0, 0.05) is 12.1 Å². The minimum Gasteiger partial charge on any atom is -0.467 e. The van der Waals surface area contributed by atoms with Crippen LogP contribution in [0, 0.1) is 0 Å². The number of halogens is 1. The molecule has 0 aliphatic heterocycles. The van der Waals surface area contributed by atoms with E-state index in [1.807, 2.05) is 0 Å². The summed E-state index contributed by atoms with van der Waals surface area (Å²) in [5, 5.41) is 3.05. The van der Waals surface area contributed by atoms with Gasteiger partial charge in [-0.3, -0.25) is 4.79 Å². The maximum absolute atomic E-state index is 11.9. The molecule has 7 heteroatoms. The van der Waals surface area contributed by atoms with Gasteiger partial charge in [0.1, 0.15) is 6.04 Å². The van der Waals surface area contributed by atoms with Crippen molar-refractivity contribution < 1.29 is 19.1 Å². The van der Waals surface area contributed by atoms with E-state index in [2.05, 4.69) is 10.1 Å². The van der Waals surface area contributed by atoms with E-state index < -0.39 is 24.0 Å². The average molecular weight is 301 g/mol. The van der Waals surface area contributed by atoms with Crippen LogP contribution in [0.1, 0.15) is 11.6 Å². The predicted octanol–water partition coefficient (Wildman–Crippen LogP) is 0.644. The van der Waals surface area contributed by atoms with E-state index in [-0.39, 0.29) is 6.61 Å². The lowest BCUT2D eigenvalue weighted by Gasteiger charge is -2.19. The molecule has 0 heterocycles. The molecule has 0 aromatic heterocycles. The summed E-state index contributed by atoms with van der Waals surface area (Å²) in [7, 11) is 2.68. The average Bonchev–Trinajstić information content (AvgIpc) is 2.45. The lowest BCUT2D eigenvalue weighted by atomic mass is 10.1. The van der Waals surface area contributed by atoms with Crippen LogP contribution in [0.15, 0.2) is 24.3 Å². The molecule has 1 amide bonds. The van der Waals surface area contributed by atoms with Crippen molar-refractivity contribution in [1.29, 1.82) is 0 Å². The molecule has 0 aliphatic carbocycles. The van der Waals surface area contributed by atoms with E-state index in [1.165, 1.54) is 14.2 Å². The van der Waals surface area contributed by atoms with Crippen molar-refractivity contribution in [2.45, 2.75) is 12.1 Å². The number of benzene rings is 1. The summed E-state index contributed by atoms with van der Waals surface area (Å²) in [6, 6.07) is 4.70. The van der Waals surface area contributed by atoms with Gasteiger partial charge in [-0.2, -0.15) is 0 Å². The lowest BCUT2D eigenvalue weighted by molar-refractivity contribution is -0.145. The summed E-state index contributed by atoms with van der Waals surface area (Å²) >= 11 is 5.79. The molecule has 0 saturated carbocycles. The summed E-state index contributed by atoms with van der Waals surface area (Å²) in [6.07, 6.45) is 0. The van der Waals surface area contributed by atoms with Gasteiger partial charge in [0.15, 0.2) is 6.04 Å². The molecule has 0 aliphatic rings. The summed E-state index contributed by atoms with van der Waals surface area (Å²) < 4.78 is 9.47. The Morgan fingerprint density at radius 1 is 1.30 bits per heavy atom. The van der Waals surface area contributed by atoms with Crippen molar-refractivity contribution in [1.82, 2.24) is 5.32 Å². The number of carbonyl (C=O) groups is 2. The summed E-state index contributed by atoms with van der Waals surface area (Å²) in [6.45, 7) is 0.0559. The molecule has 0 radical (unpaired) electrons. The second-order valence-corrected chi connectivity index (χ2v) is 4.51. The number of rotatable bonds is 6. The quantitative estimate of drug-likeness (QED) is 0.753. The Morgan fingerprint density at radius 3 is 2.40 bits per heavy atom. The Bertz CT molecular complexity index is 464. The molecule has 1 aromatic rings. The minimum absolute atomic E-state index is 0.0559. The fourth-order valence-electron chi connectivity index (χ4n) is 1.56.